The van der Waals surface area contributed by atoms with Crippen molar-refractivity contribution in [1.29, 1.82) is 0 Å². The molecule has 1 saturated carbocycles. The van der Waals surface area contributed by atoms with Gasteiger partial charge in [0.2, 0.25) is 0 Å². The second-order valence-corrected chi connectivity index (χ2v) is 6.77. The molecule has 1 aliphatic carbocycles. The zero-order chi connectivity index (χ0) is 15.3. The fraction of sp³-hybridized carbons (Fsp3) is 0.941. The van der Waals surface area contributed by atoms with Gasteiger partial charge in [0.05, 0.1) is 6.61 Å². The van der Waals surface area contributed by atoms with Gasteiger partial charge < -0.3 is 15.0 Å². The Morgan fingerprint density at radius 1 is 1.29 bits per heavy atom. The summed E-state index contributed by atoms with van der Waals surface area (Å²) in [6, 6.07) is 0.770. The molecular formula is C17H32N2O2. The van der Waals surface area contributed by atoms with E-state index in [0.29, 0.717) is 6.61 Å². The summed E-state index contributed by atoms with van der Waals surface area (Å²) in [7, 11) is 0. The van der Waals surface area contributed by atoms with Crippen molar-refractivity contribution < 1.29 is 9.53 Å². The number of likely N-dealkylation sites (tertiary alicyclic amines) is 1. The maximum absolute atomic E-state index is 12.2. The Labute approximate surface area is 129 Å². The van der Waals surface area contributed by atoms with Gasteiger partial charge in [-0.15, -0.1) is 0 Å². The molecule has 1 saturated heterocycles. The SMILES string of the molecule is CCNC(C)(CCN1CCC2CCCCC21)C(=O)OCC. The number of carbonyl (C=O) groups is 1. The number of hydrogen-bond acceptors (Lipinski definition) is 4. The van der Waals surface area contributed by atoms with E-state index >= 15 is 0 Å². The van der Waals surface area contributed by atoms with E-state index in [-0.39, 0.29) is 5.97 Å². The summed E-state index contributed by atoms with van der Waals surface area (Å²) in [5.74, 6) is 0.804. The Hall–Kier alpha value is -0.610. The highest BCUT2D eigenvalue weighted by Crippen LogP contribution is 2.36. The van der Waals surface area contributed by atoms with Crippen LogP contribution in [0.2, 0.25) is 0 Å². The van der Waals surface area contributed by atoms with Gasteiger partial charge in [0.25, 0.3) is 0 Å². The summed E-state index contributed by atoms with van der Waals surface area (Å²) in [6.45, 7) is 9.37. The summed E-state index contributed by atoms with van der Waals surface area (Å²) >= 11 is 0. The van der Waals surface area contributed by atoms with Crippen molar-refractivity contribution in [3.63, 3.8) is 0 Å². The largest absolute Gasteiger partial charge is 0.465 e. The molecule has 0 radical (unpaired) electrons. The standard InChI is InChI=1S/C17H32N2O2/c1-4-18-17(3,16(20)21-5-2)11-13-19-12-10-14-8-6-7-9-15(14)19/h14-15,18H,4-13H2,1-3H3. The van der Waals surface area contributed by atoms with Crippen molar-refractivity contribution in [2.75, 3.05) is 26.2 Å². The molecule has 4 nitrogen and oxygen atoms in total. The Bertz CT molecular complexity index is 348. The molecule has 2 aliphatic rings. The maximum atomic E-state index is 12.2. The van der Waals surface area contributed by atoms with Crippen LogP contribution in [-0.2, 0) is 9.53 Å². The van der Waals surface area contributed by atoms with Gasteiger partial charge in [0.1, 0.15) is 5.54 Å². The van der Waals surface area contributed by atoms with E-state index in [1.165, 1.54) is 38.6 Å². The highest BCUT2D eigenvalue weighted by molar-refractivity contribution is 5.80. The van der Waals surface area contributed by atoms with Crippen LogP contribution >= 0.6 is 0 Å². The van der Waals surface area contributed by atoms with Crippen molar-refractivity contribution in [2.45, 2.75) is 70.9 Å². The molecule has 21 heavy (non-hydrogen) atoms. The number of nitrogens with zero attached hydrogens (tertiary/aromatic N) is 1. The lowest BCUT2D eigenvalue weighted by atomic mass is 9.85. The average molecular weight is 296 g/mol. The second-order valence-electron chi connectivity index (χ2n) is 6.77. The number of fused-ring (bicyclic) bond motifs is 1. The van der Waals surface area contributed by atoms with Gasteiger partial charge in [-0.3, -0.25) is 4.79 Å². The molecule has 1 heterocycles. The molecule has 0 aromatic rings. The van der Waals surface area contributed by atoms with Crippen LogP contribution in [0.15, 0.2) is 0 Å². The van der Waals surface area contributed by atoms with Crippen molar-refractivity contribution >= 4 is 5.97 Å². The molecule has 2 rings (SSSR count). The summed E-state index contributed by atoms with van der Waals surface area (Å²) in [5.41, 5.74) is -0.544. The lowest BCUT2D eigenvalue weighted by Crippen LogP contribution is -2.52. The van der Waals surface area contributed by atoms with E-state index in [1.807, 2.05) is 20.8 Å². The molecule has 0 bridgehead atoms. The molecule has 3 unspecified atom stereocenters. The molecule has 0 aromatic carbocycles. The van der Waals surface area contributed by atoms with Crippen molar-refractivity contribution in [1.82, 2.24) is 10.2 Å². The van der Waals surface area contributed by atoms with Gasteiger partial charge in [-0.2, -0.15) is 0 Å². The molecule has 2 fully saturated rings. The lowest BCUT2D eigenvalue weighted by molar-refractivity contribution is -0.151. The van der Waals surface area contributed by atoms with Gasteiger partial charge in [-0.25, -0.2) is 0 Å². The third kappa shape index (κ3) is 3.98. The zero-order valence-electron chi connectivity index (χ0n) is 14.0. The first-order valence-corrected chi connectivity index (χ1v) is 8.77. The van der Waals surface area contributed by atoms with Gasteiger partial charge in [-0.05, 0) is 58.5 Å². The Morgan fingerprint density at radius 3 is 2.76 bits per heavy atom. The molecule has 0 amide bonds. The number of ether oxygens (including phenoxy) is 1. The van der Waals surface area contributed by atoms with E-state index in [2.05, 4.69) is 10.2 Å². The fourth-order valence-corrected chi connectivity index (χ4v) is 4.09. The van der Waals surface area contributed by atoms with Gasteiger partial charge in [-0.1, -0.05) is 19.8 Å². The highest BCUT2D eigenvalue weighted by atomic mass is 16.5. The average Bonchev–Trinajstić information content (AvgIpc) is 2.89. The van der Waals surface area contributed by atoms with Crippen LogP contribution in [0.4, 0.5) is 0 Å². The predicted molar refractivity (Wildman–Crippen MR) is 85.3 cm³/mol. The number of hydrogen-bond donors (Lipinski definition) is 1. The van der Waals surface area contributed by atoms with E-state index in [9.17, 15) is 4.79 Å². The van der Waals surface area contributed by atoms with Crippen LogP contribution in [0.5, 0.6) is 0 Å². The minimum absolute atomic E-state index is 0.105. The molecule has 4 heteroatoms. The van der Waals surface area contributed by atoms with Crippen molar-refractivity contribution in [3.05, 3.63) is 0 Å². The molecular weight excluding hydrogens is 264 g/mol. The van der Waals surface area contributed by atoms with E-state index in [1.54, 1.807) is 0 Å². The van der Waals surface area contributed by atoms with Gasteiger partial charge in [0, 0.05) is 12.6 Å². The predicted octanol–water partition coefficient (Wildman–Crippen LogP) is 2.57. The van der Waals surface area contributed by atoms with Crippen LogP contribution in [0.3, 0.4) is 0 Å². The third-order valence-electron chi connectivity index (χ3n) is 5.32. The number of likely N-dealkylation sites (N-methyl/N-ethyl adjacent to an activating group) is 1. The monoisotopic (exact) mass is 296 g/mol. The molecule has 3 atom stereocenters. The highest BCUT2D eigenvalue weighted by Gasteiger charge is 2.38. The van der Waals surface area contributed by atoms with Crippen LogP contribution in [-0.4, -0.2) is 48.7 Å². The number of esters is 1. The van der Waals surface area contributed by atoms with Crippen LogP contribution in [0.25, 0.3) is 0 Å². The maximum Gasteiger partial charge on any atom is 0.326 e. The quantitative estimate of drug-likeness (QED) is 0.733. The van der Waals surface area contributed by atoms with Crippen LogP contribution in [0.1, 0.15) is 59.3 Å². The minimum atomic E-state index is -0.544. The fourth-order valence-electron chi connectivity index (χ4n) is 4.09. The molecule has 122 valence electrons. The Morgan fingerprint density at radius 2 is 2.05 bits per heavy atom. The topological polar surface area (TPSA) is 41.6 Å². The molecule has 1 aliphatic heterocycles. The van der Waals surface area contributed by atoms with E-state index in [4.69, 9.17) is 4.74 Å². The first-order chi connectivity index (χ1) is 10.1. The number of carbonyl (C=O) groups excluding carboxylic acids is 1. The number of nitrogens with one attached hydrogen (secondary N) is 1. The lowest BCUT2D eigenvalue weighted by Gasteiger charge is -2.35. The Kier molecular flexibility index (Phi) is 6.06. The van der Waals surface area contributed by atoms with Gasteiger partial charge in [0.15, 0.2) is 0 Å². The normalized spacial score (nSPS) is 28.9. The summed E-state index contributed by atoms with van der Waals surface area (Å²) in [5, 5.41) is 3.34. The van der Waals surface area contributed by atoms with Gasteiger partial charge >= 0.3 is 5.97 Å². The third-order valence-corrected chi connectivity index (χ3v) is 5.32. The first kappa shape index (κ1) is 16.8. The molecule has 0 aromatic heterocycles. The van der Waals surface area contributed by atoms with E-state index < -0.39 is 5.54 Å². The number of rotatable bonds is 7. The zero-order valence-corrected chi connectivity index (χ0v) is 14.0. The molecule has 0 spiro atoms. The van der Waals surface area contributed by atoms with E-state index in [0.717, 1.165) is 31.5 Å². The summed E-state index contributed by atoms with van der Waals surface area (Å²) in [6.07, 6.45) is 7.73. The second kappa shape index (κ2) is 7.59. The summed E-state index contributed by atoms with van der Waals surface area (Å²) < 4.78 is 5.26. The smallest absolute Gasteiger partial charge is 0.326 e. The van der Waals surface area contributed by atoms with Crippen molar-refractivity contribution in [2.24, 2.45) is 5.92 Å². The Balaban J connectivity index is 1.90. The van der Waals surface area contributed by atoms with Crippen LogP contribution < -0.4 is 5.32 Å². The first-order valence-electron chi connectivity index (χ1n) is 8.77. The van der Waals surface area contributed by atoms with Crippen LogP contribution in [0, 0.1) is 5.92 Å². The summed E-state index contributed by atoms with van der Waals surface area (Å²) in [4.78, 5) is 14.9. The van der Waals surface area contributed by atoms with Crippen molar-refractivity contribution in [3.8, 4) is 0 Å². The minimum Gasteiger partial charge on any atom is -0.465 e. The molecule has 1 N–H and O–H groups in total.